The van der Waals surface area contributed by atoms with Crippen molar-refractivity contribution < 1.29 is 4.74 Å². The van der Waals surface area contributed by atoms with E-state index in [0.29, 0.717) is 5.92 Å². The van der Waals surface area contributed by atoms with Crippen molar-refractivity contribution in [3.05, 3.63) is 102 Å². The highest BCUT2D eigenvalue weighted by Crippen LogP contribution is 2.21. The first-order chi connectivity index (χ1) is 11.8. The maximum atomic E-state index is 5.27. The van der Waals surface area contributed by atoms with E-state index in [1.165, 1.54) is 16.7 Å². The standard InChI is InChI=1S/C23H24O/c1-24-23-14-12-21(13-15-23)18-22(16-19-8-4-2-5-9-19)17-20-10-6-3-7-11-20/h2-15,22H,16-18H2,1H3. The molecule has 0 saturated carbocycles. The van der Waals surface area contributed by atoms with E-state index in [0.717, 1.165) is 25.0 Å². The molecule has 0 aliphatic heterocycles. The number of hydrogen-bond acceptors (Lipinski definition) is 1. The van der Waals surface area contributed by atoms with Gasteiger partial charge in [0, 0.05) is 0 Å². The molecule has 1 nitrogen and oxygen atoms in total. The number of ether oxygens (including phenoxy) is 1. The Kier molecular flexibility index (Phi) is 5.68. The van der Waals surface area contributed by atoms with Crippen LogP contribution in [0.2, 0.25) is 0 Å². The van der Waals surface area contributed by atoms with E-state index in [2.05, 4.69) is 84.9 Å². The Morgan fingerprint density at radius 3 is 1.42 bits per heavy atom. The van der Waals surface area contributed by atoms with Gasteiger partial charge in [0.2, 0.25) is 0 Å². The van der Waals surface area contributed by atoms with Gasteiger partial charge in [-0.1, -0.05) is 72.8 Å². The van der Waals surface area contributed by atoms with Gasteiger partial charge in [-0.15, -0.1) is 0 Å². The van der Waals surface area contributed by atoms with E-state index in [9.17, 15) is 0 Å². The molecular weight excluding hydrogens is 292 g/mol. The second-order valence-electron chi connectivity index (χ2n) is 6.30. The van der Waals surface area contributed by atoms with Crippen LogP contribution in [-0.2, 0) is 19.3 Å². The molecule has 0 aliphatic carbocycles. The van der Waals surface area contributed by atoms with Crippen LogP contribution in [-0.4, -0.2) is 7.11 Å². The van der Waals surface area contributed by atoms with E-state index < -0.39 is 0 Å². The van der Waals surface area contributed by atoms with Gasteiger partial charge in [0.05, 0.1) is 7.11 Å². The maximum Gasteiger partial charge on any atom is 0.118 e. The summed E-state index contributed by atoms with van der Waals surface area (Å²) in [6.45, 7) is 0. The predicted octanol–water partition coefficient (Wildman–Crippen LogP) is 5.34. The van der Waals surface area contributed by atoms with Gasteiger partial charge >= 0.3 is 0 Å². The lowest BCUT2D eigenvalue weighted by molar-refractivity contribution is 0.414. The van der Waals surface area contributed by atoms with Crippen molar-refractivity contribution >= 4 is 0 Å². The Morgan fingerprint density at radius 2 is 1.00 bits per heavy atom. The molecular formula is C23H24O. The van der Waals surface area contributed by atoms with Crippen molar-refractivity contribution in [2.24, 2.45) is 5.92 Å². The fourth-order valence-corrected chi connectivity index (χ4v) is 3.21. The Hall–Kier alpha value is -2.54. The molecule has 0 fully saturated rings. The second-order valence-corrected chi connectivity index (χ2v) is 6.30. The first-order valence-electron chi connectivity index (χ1n) is 8.54. The van der Waals surface area contributed by atoms with Crippen molar-refractivity contribution in [1.29, 1.82) is 0 Å². The summed E-state index contributed by atoms with van der Waals surface area (Å²) in [5.41, 5.74) is 4.19. The molecule has 0 heterocycles. The van der Waals surface area contributed by atoms with Gasteiger partial charge in [-0.25, -0.2) is 0 Å². The summed E-state index contributed by atoms with van der Waals surface area (Å²) >= 11 is 0. The molecule has 0 aromatic heterocycles. The normalized spacial score (nSPS) is 10.8. The summed E-state index contributed by atoms with van der Waals surface area (Å²) in [5.74, 6) is 1.50. The van der Waals surface area contributed by atoms with Gasteiger partial charge in [0.15, 0.2) is 0 Å². The Bertz CT molecular complexity index is 676. The minimum atomic E-state index is 0.586. The largest absolute Gasteiger partial charge is 0.497 e. The molecule has 0 saturated heterocycles. The molecule has 1 heteroatoms. The number of hydrogen-bond donors (Lipinski definition) is 0. The third-order valence-electron chi connectivity index (χ3n) is 4.42. The molecule has 0 N–H and O–H groups in total. The van der Waals surface area contributed by atoms with Crippen LogP contribution >= 0.6 is 0 Å². The summed E-state index contributed by atoms with van der Waals surface area (Å²) in [6.07, 6.45) is 3.28. The molecule has 0 radical (unpaired) electrons. The average molecular weight is 316 g/mol. The highest BCUT2D eigenvalue weighted by atomic mass is 16.5. The van der Waals surface area contributed by atoms with Crippen LogP contribution < -0.4 is 4.74 Å². The highest BCUT2D eigenvalue weighted by Gasteiger charge is 2.12. The van der Waals surface area contributed by atoms with Crippen molar-refractivity contribution in [1.82, 2.24) is 0 Å². The lowest BCUT2D eigenvalue weighted by Gasteiger charge is -2.18. The van der Waals surface area contributed by atoms with Gasteiger partial charge in [-0.2, -0.15) is 0 Å². The van der Waals surface area contributed by atoms with E-state index in [1.54, 1.807) is 7.11 Å². The van der Waals surface area contributed by atoms with Crippen LogP contribution in [0.3, 0.4) is 0 Å². The minimum absolute atomic E-state index is 0.586. The van der Waals surface area contributed by atoms with Gasteiger partial charge in [-0.3, -0.25) is 0 Å². The Labute approximate surface area is 144 Å². The second kappa shape index (κ2) is 8.35. The zero-order chi connectivity index (χ0) is 16.6. The molecule has 122 valence electrons. The zero-order valence-corrected chi connectivity index (χ0v) is 14.2. The fourth-order valence-electron chi connectivity index (χ4n) is 3.21. The fraction of sp³-hybridized carbons (Fsp3) is 0.217. The van der Waals surface area contributed by atoms with E-state index in [4.69, 9.17) is 4.74 Å². The van der Waals surface area contributed by atoms with Crippen molar-refractivity contribution in [2.75, 3.05) is 7.11 Å². The van der Waals surface area contributed by atoms with Crippen molar-refractivity contribution in [3.8, 4) is 5.75 Å². The van der Waals surface area contributed by atoms with Crippen LogP contribution in [0.15, 0.2) is 84.9 Å². The summed E-state index contributed by atoms with van der Waals surface area (Å²) in [4.78, 5) is 0. The topological polar surface area (TPSA) is 9.23 Å². The lowest BCUT2D eigenvalue weighted by Crippen LogP contribution is -2.12. The third kappa shape index (κ3) is 4.73. The number of methoxy groups -OCH3 is 1. The first-order valence-corrected chi connectivity index (χ1v) is 8.54. The van der Waals surface area contributed by atoms with Gasteiger partial charge in [0.1, 0.15) is 5.75 Å². The SMILES string of the molecule is COc1ccc(CC(Cc2ccccc2)Cc2ccccc2)cc1. The van der Waals surface area contributed by atoms with Gasteiger partial charge in [0.25, 0.3) is 0 Å². The molecule has 24 heavy (non-hydrogen) atoms. The maximum absolute atomic E-state index is 5.27. The summed E-state index contributed by atoms with van der Waals surface area (Å²) in [7, 11) is 1.71. The minimum Gasteiger partial charge on any atom is -0.497 e. The summed E-state index contributed by atoms with van der Waals surface area (Å²) in [5, 5.41) is 0. The highest BCUT2D eigenvalue weighted by molar-refractivity contribution is 5.28. The quantitative estimate of drug-likeness (QED) is 0.572. The van der Waals surface area contributed by atoms with Gasteiger partial charge < -0.3 is 4.74 Å². The van der Waals surface area contributed by atoms with E-state index in [1.807, 2.05) is 0 Å². The molecule has 0 amide bonds. The summed E-state index contributed by atoms with van der Waals surface area (Å²) in [6, 6.07) is 30.1. The monoisotopic (exact) mass is 316 g/mol. The Morgan fingerprint density at radius 1 is 0.583 bits per heavy atom. The van der Waals surface area contributed by atoms with E-state index in [-0.39, 0.29) is 0 Å². The molecule has 3 rings (SSSR count). The van der Waals surface area contributed by atoms with Crippen LogP contribution in [0, 0.1) is 5.92 Å². The number of rotatable bonds is 7. The van der Waals surface area contributed by atoms with Crippen LogP contribution in [0.5, 0.6) is 5.75 Å². The molecule has 3 aromatic carbocycles. The first kappa shape index (κ1) is 16.3. The smallest absolute Gasteiger partial charge is 0.118 e. The van der Waals surface area contributed by atoms with Crippen LogP contribution in [0.4, 0.5) is 0 Å². The summed E-state index contributed by atoms with van der Waals surface area (Å²) < 4.78 is 5.27. The molecule has 0 spiro atoms. The lowest BCUT2D eigenvalue weighted by atomic mass is 9.87. The van der Waals surface area contributed by atoms with Gasteiger partial charge in [-0.05, 0) is 54.0 Å². The molecule has 0 aliphatic rings. The Balaban J connectivity index is 1.75. The molecule has 0 atom stereocenters. The number of benzene rings is 3. The predicted molar refractivity (Wildman–Crippen MR) is 100 cm³/mol. The van der Waals surface area contributed by atoms with Crippen LogP contribution in [0.1, 0.15) is 16.7 Å². The third-order valence-corrected chi connectivity index (χ3v) is 4.42. The zero-order valence-electron chi connectivity index (χ0n) is 14.2. The van der Waals surface area contributed by atoms with Crippen molar-refractivity contribution in [2.45, 2.75) is 19.3 Å². The van der Waals surface area contributed by atoms with Crippen LogP contribution in [0.25, 0.3) is 0 Å². The average Bonchev–Trinajstić information content (AvgIpc) is 2.64. The van der Waals surface area contributed by atoms with Crippen molar-refractivity contribution in [3.63, 3.8) is 0 Å². The molecule has 0 unspecified atom stereocenters. The molecule has 0 bridgehead atoms. The molecule has 3 aromatic rings. The van der Waals surface area contributed by atoms with E-state index >= 15 is 0 Å².